The second-order valence-corrected chi connectivity index (χ2v) is 9.90. The molecule has 0 atom stereocenters. The molecule has 0 unspecified atom stereocenters. The number of rotatable bonds is 15. The Morgan fingerprint density at radius 1 is 0.677 bits per heavy atom. The fourth-order valence-electron chi connectivity index (χ4n) is 4.36. The molecule has 0 saturated carbocycles. The van der Waals surface area contributed by atoms with Crippen LogP contribution in [-0.2, 0) is 23.0 Å². The summed E-state index contributed by atoms with van der Waals surface area (Å²) < 4.78 is 35.5. The van der Waals surface area contributed by atoms with E-state index >= 15 is 0 Å². The van der Waals surface area contributed by atoms with E-state index in [9.17, 15) is 13.0 Å². The minimum atomic E-state index is -4.48. The Balaban J connectivity index is 0.00000480. The second-order valence-electron chi connectivity index (χ2n) is 8.55. The van der Waals surface area contributed by atoms with Crippen LogP contribution in [0, 0.1) is 0 Å². The maximum absolute atomic E-state index is 11.8. The van der Waals surface area contributed by atoms with Crippen molar-refractivity contribution in [3.63, 3.8) is 0 Å². The molecule has 5 heteroatoms. The van der Waals surface area contributed by atoms with Gasteiger partial charge in [0.15, 0.2) is 0 Å². The van der Waals surface area contributed by atoms with Crippen molar-refractivity contribution in [3.05, 3.63) is 41.5 Å². The molecule has 0 fully saturated rings. The van der Waals surface area contributed by atoms with Gasteiger partial charge in [-0.2, -0.15) is 0 Å². The topological polar surface area (TPSA) is 57.2 Å². The van der Waals surface area contributed by atoms with Crippen molar-refractivity contribution < 1.29 is 42.5 Å². The minimum absolute atomic E-state index is 0. The SMILES string of the molecule is CCCCCCCCc1cccc2c(S(=O)(=O)[O-])ccc(CCCCCCCC)c12.[Na+]. The smallest absolute Gasteiger partial charge is 0.744 e. The van der Waals surface area contributed by atoms with E-state index in [1.807, 2.05) is 12.1 Å². The Kier molecular flexibility index (Phi) is 14.3. The van der Waals surface area contributed by atoms with Crippen molar-refractivity contribution in [1.82, 2.24) is 0 Å². The van der Waals surface area contributed by atoms with Crippen molar-refractivity contribution in [3.8, 4) is 0 Å². The van der Waals surface area contributed by atoms with Gasteiger partial charge in [0, 0.05) is 0 Å². The first-order valence-electron chi connectivity index (χ1n) is 12.0. The molecule has 0 spiro atoms. The minimum Gasteiger partial charge on any atom is -0.744 e. The summed E-state index contributed by atoms with van der Waals surface area (Å²) >= 11 is 0. The molecule has 0 aliphatic rings. The molecule has 168 valence electrons. The Morgan fingerprint density at radius 2 is 1.16 bits per heavy atom. The predicted molar refractivity (Wildman–Crippen MR) is 126 cm³/mol. The van der Waals surface area contributed by atoms with Gasteiger partial charge in [-0.3, -0.25) is 0 Å². The molecule has 0 heterocycles. The van der Waals surface area contributed by atoms with Crippen molar-refractivity contribution in [2.45, 2.75) is 109 Å². The van der Waals surface area contributed by atoms with Crippen LogP contribution in [0.2, 0.25) is 0 Å². The summed E-state index contributed by atoms with van der Waals surface area (Å²) in [5.74, 6) is 0. The number of hydrogen-bond donors (Lipinski definition) is 0. The van der Waals surface area contributed by atoms with E-state index in [-0.39, 0.29) is 34.5 Å². The quantitative estimate of drug-likeness (QED) is 0.225. The third-order valence-corrected chi connectivity index (χ3v) is 6.94. The Labute approximate surface area is 212 Å². The van der Waals surface area contributed by atoms with Gasteiger partial charge in [-0.05, 0) is 53.6 Å². The summed E-state index contributed by atoms with van der Waals surface area (Å²) in [6.45, 7) is 4.45. The van der Waals surface area contributed by atoms with Crippen LogP contribution >= 0.6 is 0 Å². The normalized spacial score (nSPS) is 11.6. The first-order valence-corrected chi connectivity index (χ1v) is 13.4. The monoisotopic (exact) mass is 454 g/mol. The Morgan fingerprint density at radius 3 is 1.68 bits per heavy atom. The van der Waals surface area contributed by atoms with Gasteiger partial charge in [-0.25, -0.2) is 8.42 Å². The molecule has 0 aliphatic carbocycles. The molecule has 2 rings (SSSR count). The third-order valence-electron chi connectivity index (χ3n) is 6.04. The van der Waals surface area contributed by atoms with Gasteiger partial charge in [-0.15, -0.1) is 0 Å². The van der Waals surface area contributed by atoms with Gasteiger partial charge >= 0.3 is 29.6 Å². The van der Waals surface area contributed by atoms with Crippen LogP contribution in [0.25, 0.3) is 10.8 Å². The van der Waals surface area contributed by atoms with Crippen LogP contribution in [0.4, 0.5) is 0 Å². The van der Waals surface area contributed by atoms with E-state index in [1.165, 1.54) is 81.4 Å². The van der Waals surface area contributed by atoms with E-state index in [2.05, 4.69) is 19.9 Å². The number of unbranched alkanes of at least 4 members (excludes halogenated alkanes) is 10. The van der Waals surface area contributed by atoms with E-state index in [0.29, 0.717) is 5.39 Å². The summed E-state index contributed by atoms with van der Waals surface area (Å²) in [4.78, 5) is -0.0750. The van der Waals surface area contributed by atoms with Crippen molar-refractivity contribution in [2.24, 2.45) is 0 Å². The van der Waals surface area contributed by atoms with Gasteiger partial charge < -0.3 is 4.55 Å². The number of hydrogen-bond acceptors (Lipinski definition) is 3. The molecule has 0 aliphatic heterocycles. The summed E-state index contributed by atoms with van der Waals surface area (Å²) in [7, 11) is -4.48. The Hall–Kier alpha value is -0.390. The van der Waals surface area contributed by atoms with Gasteiger partial charge in [0.25, 0.3) is 0 Å². The molecule has 0 aromatic heterocycles. The molecular weight excluding hydrogens is 415 g/mol. The largest absolute Gasteiger partial charge is 1.00 e. The molecule has 0 N–H and O–H groups in total. The molecule has 3 nitrogen and oxygen atoms in total. The van der Waals surface area contributed by atoms with Gasteiger partial charge in [0.2, 0.25) is 0 Å². The molecular formula is C26H39NaO3S. The molecule has 31 heavy (non-hydrogen) atoms. The van der Waals surface area contributed by atoms with Crippen LogP contribution in [-0.4, -0.2) is 13.0 Å². The zero-order valence-electron chi connectivity index (χ0n) is 19.9. The van der Waals surface area contributed by atoms with Crippen molar-refractivity contribution >= 4 is 20.9 Å². The number of benzene rings is 2. The maximum Gasteiger partial charge on any atom is 1.00 e. The first kappa shape index (κ1) is 28.6. The summed E-state index contributed by atoms with van der Waals surface area (Å²) in [6.07, 6.45) is 16.6. The maximum atomic E-state index is 11.8. The van der Waals surface area contributed by atoms with Gasteiger partial charge in [0.1, 0.15) is 10.1 Å². The number of fused-ring (bicyclic) bond motifs is 1. The number of aryl methyl sites for hydroxylation is 2. The summed E-state index contributed by atoms with van der Waals surface area (Å²) in [5.41, 5.74) is 2.38. The van der Waals surface area contributed by atoms with Crippen LogP contribution < -0.4 is 29.6 Å². The van der Waals surface area contributed by atoms with Crippen LogP contribution in [0.3, 0.4) is 0 Å². The van der Waals surface area contributed by atoms with Crippen LogP contribution in [0.15, 0.2) is 35.2 Å². The van der Waals surface area contributed by atoms with E-state index in [1.54, 1.807) is 6.07 Å². The molecule has 0 amide bonds. The zero-order chi connectivity index (χ0) is 21.8. The average Bonchev–Trinajstić information content (AvgIpc) is 2.72. The van der Waals surface area contributed by atoms with Crippen LogP contribution in [0.5, 0.6) is 0 Å². The van der Waals surface area contributed by atoms with Gasteiger partial charge in [-0.1, -0.05) is 102 Å². The van der Waals surface area contributed by atoms with E-state index in [4.69, 9.17) is 0 Å². The Bertz CT molecular complexity index is 855. The van der Waals surface area contributed by atoms with E-state index in [0.717, 1.165) is 31.1 Å². The molecule has 0 bridgehead atoms. The molecule has 2 aromatic carbocycles. The van der Waals surface area contributed by atoms with Crippen molar-refractivity contribution in [2.75, 3.05) is 0 Å². The molecule has 0 radical (unpaired) electrons. The average molecular weight is 455 g/mol. The third kappa shape index (κ3) is 9.55. The van der Waals surface area contributed by atoms with Crippen LogP contribution in [0.1, 0.15) is 102 Å². The van der Waals surface area contributed by atoms with Gasteiger partial charge in [0.05, 0.1) is 4.90 Å². The summed E-state index contributed by atoms with van der Waals surface area (Å²) in [5, 5.41) is 1.62. The van der Waals surface area contributed by atoms with Crippen molar-refractivity contribution in [1.29, 1.82) is 0 Å². The fraction of sp³-hybridized carbons (Fsp3) is 0.615. The first-order chi connectivity index (χ1) is 14.5. The zero-order valence-corrected chi connectivity index (χ0v) is 22.7. The second kappa shape index (κ2) is 15.4. The standard InChI is InChI=1S/C26H40O3S.Na/c1-3-5-7-9-11-13-16-22-18-15-19-24-25(30(27,28)29)21-20-23(26(22)24)17-14-12-10-8-6-4-2;/h15,18-21H,3-14,16-17H2,1-2H3,(H,27,28,29);/q;+1/p-1. The molecule has 2 aromatic rings. The van der Waals surface area contributed by atoms with E-state index < -0.39 is 10.1 Å². The predicted octanol–water partition coefficient (Wildman–Crippen LogP) is 4.55. The summed E-state index contributed by atoms with van der Waals surface area (Å²) in [6, 6.07) is 9.21. The molecule has 0 saturated heterocycles. The fourth-order valence-corrected chi connectivity index (χ4v) is 5.03.